The molecule has 0 atom stereocenters. The lowest BCUT2D eigenvalue weighted by atomic mass is 10.1. The fourth-order valence-electron chi connectivity index (χ4n) is 2.94. The predicted octanol–water partition coefficient (Wildman–Crippen LogP) is 4.73. The molecule has 3 rings (SSSR count). The molecule has 2 N–H and O–H groups in total. The molecule has 0 aliphatic carbocycles. The molecule has 33 heavy (non-hydrogen) atoms. The van der Waals surface area contributed by atoms with Crippen molar-refractivity contribution in [3.63, 3.8) is 0 Å². The summed E-state index contributed by atoms with van der Waals surface area (Å²) in [6.45, 7) is 3.41. The number of nitrogens with one attached hydrogen (secondary N) is 2. The number of aromatic amines is 1. The number of alkyl halides is 5. The summed E-state index contributed by atoms with van der Waals surface area (Å²) in [4.78, 5) is 34.3. The molecule has 11 heteroatoms. The number of hydrogen-bond acceptors (Lipinski definition) is 4. The smallest absolute Gasteiger partial charge is 0.352 e. The van der Waals surface area contributed by atoms with Gasteiger partial charge in [-0.15, -0.1) is 0 Å². The standard InChI is InChI=1S/C22H19F5N4O2/c1-11(2)21(33)29-10-12-7-15(18(19(23)24)28-9-12)20-30-16(8-17(32)31-20)13-3-5-14(6-4-13)22(25,26)27/h3-9,11,19H,10H2,1-2H3,(H,29,33)(H,30,31,32). The molecule has 174 valence electrons. The molecule has 1 amide bonds. The van der Waals surface area contributed by atoms with Gasteiger partial charge in [-0.1, -0.05) is 26.0 Å². The van der Waals surface area contributed by atoms with Crippen molar-refractivity contribution < 1.29 is 26.7 Å². The maximum absolute atomic E-state index is 13.6. The van der Waals surface area contributed by atoms with Crippen molar-refractivity contribution in [3.05, 3.63) is 69.8 Å². The number of amides is 1. The lowest BCUT2D eigenvalue weighted by Gasteiger charge is -2.12. The van der Waals surface area contributed by atoms with E-state index in [1.54, 1.807) is 13.8 Å². The Bertz CT molecular complexity index is 1200. The van der Waals surface area contributed by atoms with Crippen molar-refractivity contribution in [2.75, 3.05) is 0 Å². The molecule has 6 nitrogen and oxygen atoms in total. The van der Waals surface area contributed by atoms with Crippen molar-refractivity contribution in [3.8, 4) is 22.6 Å². The third-order valence-electron chi connectivity index (χ3n) is 4.68. The lowest BCUT2D eigenvalue weighted by molar-refractivity contribution is -0.137. The normalized spacial score (nSPS) is 11.8. The van der Waals surface area contributed by atoms with Crippen LogP contribution < -0.4 is 10.9 Å². The monoisotopic (exact) mass is 466 g/mol. The highest BCUT2D eigenvalue weighted by Crippen LogP contribution is 2.32. The van der Waals surface area contributed by atoms with E-state index in [0.29, 0.717) is 5.56 Å². The van der Waals surface area contributed by atoms with E-state index in [1.807, 2.05) is 0 Å². The van der Waals surface area contributed by atoms with E-state index < -0.39 is 29.4 Å². The zero-order chi connectivity index (χ0) is 24.3. The first-order chi connectivity index (χ1) is 15.5. The number of H-pyrrole nitrogens is 1. The van der Waals surface area contributed by atoms with Gasteiger partial charge in [0, 0.05) is 35.9 Å². The predicted molar refractivity (Wildman–Crippen MR) is 110 cm³/mol. The molecular weight excluding hydrogens is 447 g/mol. The number of hydrogen-bond donors (Lipinski definition) is 2. The summed E-state index contributed by atoms with van der Waals surface area (Å²) in [5.74, 6) is -0.751. The van der Waals surface area contributed by atoms with E-state index in [0.717, 1.165) is 30.3 Å². The second-order valence-electron chi connectivity index (χ2n) is 7.50. The second kappa shape index (κ2) is 9.47. The van der Waals surface area contributed by atoms with Crippen LogP contribution >= 0.6 is 0 Å². The van der Waals surface area contributed by atoms with E-state index in [-0.39, 0.29) is 41.0 Å². The quantitative estimate of drug-likeness (QED) is 0.515. The highest BCUT2D eigenvalue weighted by molar-refractivity contribution is 5.77. The van der Waals surface area contributed by atoms with Crippen LogP contribution in [0.3, 0.4) is 0 Å². The van der Waals surface area contributed by atoms with Gasteiger partial charge in [-0.25, -0.2) is 13.8 Å². The summed E-state index contributed by atoms with van der Waals surface area (Å²) in [5, 5.41) is 2.64. The first-order valence-corrected chi connectivity index (χ1v) is 9.79. The van der Waals surface area contributed by atoms with E-state index in [9.17, 15) is 31.5 Å². The van der Waals surface area contributed by atoms with Crippen LogP contribution in [0.1, 0.15) is 37.1 Å². The number of aromatic nitrogens is 3. The third kappa shape index (κ3) is 5.79. The van der Waals surface area contributed by atoms with E-state index in [2.05, 4.69) is 20.3 Å². The van der Waals surface area contributed by atoms with Crippen molar-refractivity contribution in [2.45, 2.75) is 33.0 Å². The molecule has 1 aromatic carbocycles. The molecule has 0 bridgehead atoms. The second-order valence-corrected chi connectivity index (χ2v) is 7.50. The van der Waals surface area contributed by atoms with Gasteiger partial charge in [-0.05, 0) is 23.8 Å². The first-order valence-electron chi connectivity index (χ1n) is 9.79. The maximum atomic E-state index is 13.6. The Kier molecular flexibility index (Phi) is 6.89. The summed E-state index contributed by atoms with van der Waals surface area (Å²) in [6, 6.07) is 6.32. The van der Waals surface area contributed by atoms with Crippen molar-refractivity contribution in [1.82, 2.24) is 20.3 Å². The number of rotatable bonds is 6. The average Bonchev–Trinajstić information content (AvgIpc) is 2.76. The molecule has 0 aliphatic rings. The highest BCUT2D eigenvalue weighted by Gasteiger charge is 2.30. The van der Waals surface area contributed by atoms with Crippen molar-refractivity contribution in [1.29, 1.82) is 0 Å². The molecule has 0 saturated heterocycles. The van der Waals surface area contributed by atoms with Gasteiger partial charge in [-0.3, -0.25) is 14.6 Å². The summed E-state index contributed by atoms with van der Waals surface area (Å²) in [7, 11) is 0. The topological polar surface area (TPSA) is 87.7 Å². The molecule has 3 aromatic rings. The number of benzene rings is 1. The van der Waals surface area contributed by atoms with Crippen LogP contribution in [0.25, 0.3) is 22.6 Å². The Morgan fingerprint density at radius 1 is 1.12 bits per heavy atom. The van der Waals surface area contributed by atoms with Gasteiger partial charge in [-0.2, -0.15) is 13.2 Å². The Morgan fingerprint density at radius 2 is 1.79 bits per heavy atom. The van der Waals surface area contributed by atoms with Crippen LogP contribution in [0.15, 0.2) is 47.4 Å². The summed E-state index contributed by atoms with van der Waals surface area (Å²) in [5.41, 5.74) is -1.77. The van der Waals surface area contributed by atoms with Gasteiger partial charge in [0.2, 0.25) is 5.91 Å². The summed E-state index contributed by atoms with van der Waals surface area (Å²) >= 11 is 0. The summed E-state index contributed by atoms with van der Waals surface area (Å²) < 4.78 is 65.6. The van der Waals surface area contributed by atoms with Gasteiger partial charge in [0.25, 0.3) is 12.0 Å². The van der Waals surface area contributed by atoms with Crippen molar-refractivity contribution in [2.24, 2.45) is 5.92 Å². The fourth-order valence-corrected chi connectivity index (χ4v) is 2.94. The largest absolute Gasteiger partial charge is 0.416 e. The number of pyridine rings is 1. The minimum atomic E-state index is -4.53. The maximum Gasteiger partial charge on any atom is 0.416 e. The Labute approximate surface area is 184 Å². The molecule has 0 unspecified atom stereocenters. The zero-order valence-corrected chi connectivity index (χ0v) is 17.5. The minimum Gasteiger partial charge on any atom is -0.352 e. The Balaban J connectivity index is 2.03. The Hall–Kier alpha value is -3.63. The van der Waals surface area contributed by atoms with Gasteiger partial charge < -0.3 is 10.3 Å². The minimum absolute atomic E-state index is 0.00112. The van der Waals surface area contributed by atoms with Crippen LogP contribution in [0, 0.1) is 5.92 Å². The molecule has 2 heterocycles. The van der Waals surface area contributed by atoms with Crippen LogP contribution in [0.4, 0.5) is 22.0 Å². The van der Waals surface area contributed by atoms with Crippen LogP contribution in [0.2, 0.25) is 0 Å². The van der Waals surface area contributed by atoms with Gasteiger partial charge in [0.15, 0.2) is 0 Å². The van der Waals surface area contributed by atoms with Gasteiger partial charge in [0.05, 0.1) is 11.3 Å². The number of carbonyl (C=O) groups is 1. The van der Waals surface area contributed by atoms with Crippen LogP contribution in [-0.2, 0) is 17.5 Å². The SMILES string of the molecule is CC(C)C(=O)NCc1cnc(C(F)F)c(-c2nc(-c3ccc(C(F)(F)F)cc3)cc(=O)[nH]2)c1. The van der Waals surface area contributed by atoms with Gasteiger partial charge in [0.1, 0.15) is 11.5 Å². The molecule has 0 spiro atoms. The fraction of sp³-hybridized carbons (Fsp3) is 0.273. The van der Waals surface area contributed by atoms with E-state index >= 15 is 0 Å². The number of halogens is 5. The third-order valence-corrected chi connectivity index (χ3v) is 4.68. The molecule has 2 aromatic heterocycles. The highest BCUT2D eigenvalue weighted by atomic mass is 19.4. The average molecular weight is 466 g/mol. The molecule has 0 radical (unpaired) electrons. The lowest BCUT2D eigenvalue weighted by Crippen LogP contribution is -2.27. The number of nitrogens with zero attached hydrogens (tertiary/aromatic N) is 2. The van der Waals surface area contributed by atoms with Crippen molar-refractivity contribution >= 4 is 5.91 Å². The van der Waals surface area contributed by atoms with E-state index in [4.69, 9.17) is 0 Å². The molecule has 0 fully saturated rings. The van der Waals surface area contributed by atoms with E-state index in [1.165, 1.54) is 12.3 Å². The van der Waals surface area contributed by atoms with Gasteiger partial charge >= 0.3 is 6.18 Å². The number of carbonyl (C=O) groups excluding carboxylic acids is 1. The first kappa shape index (κ1) is 24.0. The Morgan fingerprint density at radius 3 is 2.36 bits per heavy atom. The molecule has 0 aliphatic heterocycles. The zero-order valence-electron chi connectivity index (χ0n) is 17.5. The van der Waals surface area contributed by atoms with Crippen LogP contribution in [-0.4, -0.2) is 20.9 Å². The molecular formula is C22H19F5N4O2. The summed E-state index contributed by atoms with van der Waals surface area (Å²) in [6.07, 6.45) is -6.34. The molecule has 0 saturated carbocycles. The van der Waals surface area contributed by atoms with Crippen LogP contribution in [0.5, 0.6) is 0 Å².